The van der Waals surface area contributed by atoms with Crippen molar-refractivity contribution in [2.24, 2.45) is 11.8 Å². The number of hydrogen-bond acceptors (Lipinski definition) is 4. The van der Waals surface area contributed by atoms with E-state index < -0.39 is 5.97 Å². The fourth-order valence-corrected chi connectivity index (χ4v) is 3.18. The van der Waals surface area contributed by atoms with Crippen LogP contribution in [0.3, 0.4) is 0 Å². The van der Waals surface area contributed by atoms with Gasteiger partial charge >= 0.3 is 5.97 Å². The Morgan fingerprint density at radius 3 is 2.38 bits per heavy atom. The van der Waals surface area contributed by atoms with Crippen LogP contribution in [0.4, 0.5) is 0 Å². The molecule has 1 aromatic rings. The van der Waals surface area contributed by atoms with E-state index in [1.54, 1.807) is 23.1 Å². The number of carboxylic acid groups (broad SMARTS) is 1. The Balaban J connectivity index is 2.14. The van der Waals surface area contributed by atoms with Crippen molar-refractivity contribution >= 4 is 11.9 Å². The van der Waals surface area contributed by atoms with Gasteiger partial charge in [0.25, 0.3) is 5.91 Å². The van der Waals surface area contributed by atoms with Gasteiger partial charge in [-0.1, -0.05) is 20.8 Å². The molecule has 144 valence electrons. The second-order valence-electron chi connectivity index (χ2n) is 6.82. The van der Waals surface area contributed by atoms with E-state index in [1.165, 1.54) is 0 Å². The Hall–Kier alpha value is -2.24. The van der Waals surface area contributed by atoms with Crippen molar-refractivity contribution in [3.8, 4) is 11.5 Å². The summed E-state index contributed by atoms with van der Waals surface area (Å²) >= 11 is 0. The molecule has 2 unspecified atom stereocenters. The van der Waals surface area contributed by atoms with Crippen LogP contribution in [0, 0.1) is 11.8 Å². The Labute approximate surface area is 155 Å². The van der Waals surface area contributed by atoms with Crippen molar-refractivity contribution in [2.75, 3.05) is 26.3 Å². The molecule has 0 radical (unpaired) electrons. The molecule has 1 amide bonds. The summed E-state index contributed by atoms with van der Waals surface area (Å²) in [4.78, 5) is 25.8. The highest BCUT2D eigenvalue weighted by Crippen LogP contribution is 2.31. The van der Waals surface area contributed by atoms with Crippen LogP contribution >= 0.6 is 0 Å². The topological polar surface area (TPSA) is 76.1 Å². The number of likely N-dealkylation sites (tertiary alicyclic amines) is 1. The first kappa shape index (κ1) is 20.1. The first-order chi connectivity index (χ1) is 12.5. The van der Waals surface area contributed by atoms with Gasteiger partial charge in [0.2, 0.25) is 0 Å². The van der Waals surface area contributed by atoms with E-state index in [0.717, 1.165) is 12.8 Å². The van der Waals surface area contributed by atoms with E-state index in [1.807, 2.05) is 20.8 Å². The minimum Gasteiger partial charge on any atom is -0.490 e. The summed E-state index contributed by atoms with van der Waals surface area (Å²) in [6.45, 7) is 8.00. The number of ether oxygens (including phenoxy) is 2. The average Bonchev–Trinajstić information content (AvgIpc) is 2.63. The quantitative estimate of drug-likeness (QED) is 0.765. The maximum absolute atomic E-state index is 12.9. The molecule has 6 heteroatoms. The molecule has 1 saturated heterocycles. The molecular weight excluding hydrogens is 334 g/mol. The number of carbonyl (C=O) groups excluding carboxylic acids is 1. The molecular formula is C20H29NO5. The zero-order chi connectivity index (χ0) is 19.1. The van der Waals surface area contributed by atoms with E-state index in [0.29, 0.717) is 49.8 Å². The van der Waals surface area contributed by atoms with Crippen molar-refractivity contribution in [2.45, 2.75) is 40.0 Å². The fourth-order valence-electron chi connectivity index (χ4n) is 3.18. The van der Waals surface area contributed by atoms with Gasteiger partial charge in [-0.15, -0.1) is 0 Å². The van der Waals surface area contributed by atoms with Crippen LogP contribution in [-0.2, 0) is 4.79 Å². The van der Waals surface area contributed by atoms with Gasteiger partial charge in [-0.05, 0) is 43.4 Å². The van der Waals surface area contributed by atoms with Gasteiger partial charge in [0, 0.05) is 18.7 Å². The minimum atomic E-state index is -0.780. The van der Waals surface area contributed by atoms with Crippen LogP contribution < -0.4 is 9.47 Å². The highest BCUT2D eigenvalue weighted by Gasteiger charge is 2.33. The van der Waals surface area contributed by atoms with Crippen molar-refractivity contribution in [1.29, 1.82) is 0 Å². The number of aliphatic carboxylic acids is 1. The number of rotatable bonds is 8. The lowest BCUT2D eigenvalue weighted by Crippen LogP contribution is -2.45. The monoisotopic (exact) mass is 363 g/mol. The van der Waals surface area contributed by atoms with Gasteiger partial charge in [0.15, 0.2) is 11.5 Å². The third-order valence-corrected chi connectivity index (χ3v) is 4.62. The molecule has 1 N–H and O–H groups in total. The van der Waals surface area contributed by atoms with Crippen molar-refractivity contribution in [3.05, 3.63) is 23.8 Å². The molecule has 26 heavy (non-hydrogen) atoms. The van der Waals surface area contributed by atoms with Crippen LogP contribution in [0.2, 0.25) is 0 Å². The predicted octanol–water partition coefficient (Wildman–Crippen LogP) is 3.45. The van der Waals surface area contributed by atoms with Gasteiger partial charge < -0.3 is 19.5 Å². The molecule has 0 aliphatic carbocycles. The minimum absolute atomic E-state index is 0.0619. The Morgan fingerprint density at radius 2 is 1.81 bits per heavy atom. The zero-order valence-corrected chi connectivity index (χ0v) is 15.9. The number of carboxylic acids is 1. The maximum atomic E-state index is 12.9. The summed E-state index contributed by atoms with van der Waals surface area (Å²) < 4.78 is 11.5. The lowest BCUT2D eigenvalue weighted by atomic mass is 9.87. The van der Waals surface area contributed by atoms with Gasteiger partial charge in [0.1, 0.15) is 0 Å². The molecule has 0 spiro atoms. The van der Waals surface area contributed by atoms with Crippen molar-refractivity contribution in [1.82, 2.24) is 4.90 Å². The van der Waals surface area contributed by atoms with Gasteiger partial charge in [0.05, 0.1) is 19.1 Å². The van der Waals surface area contributed by atoms with E-state index in [4.69, 9.17) is 9.47 Å². The molecule has 1 aliphatic heterocycles. The average molecular weight is 363 g/mol. The Bertz CT molecular complexity index is 631. The second-order valence-corrected chi connectivity index (χ2v) is 6.82. The van der Waals surface area contributed by atoms with Gasteiger partial charge in [-0.25, -0.2) is 0 Å². The van der Waals surface area contributed by atoms with Crippen LogP contribution in [0.15, 0.2) is 18.2 Å². The Kier molecular flexibility index (Phi) is 7.30. The molecule has 0 saturated carbocycles. The first-order valence-corrected chi connectivity index (χ1v) is 9.39. The summed E-state index contributed by atoms with van der Waals surface area (Å²) in [7, 11) is 0. The second kappa shape index (κ2) is 9.46. The SMILES string of the molecule is CCCOc1ccc(C(=O)N2CCC(C(=O)O)C(C)C2)cc1OCCC. The van der Waals surface area contributed by atoms with Crippen LogP contribution in [-0.4, -0.2) is 48.2 Å². The number of nitrogens with zero attached hydrogens (tertiary/aromatic N) is 1. The highest BCUT2D eigenvalue weighted by molar-refractivity contribution is 5.95. The smallest absolute Gasteiger partial charge is 0.306 e. The summed E-state index contributed by atoms with van der Waals surface area (Å²) in [6, 6.07) is 5.26. The highest BCUT2D eigenvalue weighted by atomic mass is 16.5. The van der Waals surface area contributed by atoms with E-state index >= 15 is 0 Å². The van der Waals surface area contributed by atoms with Crippen LogP contribution in [0.5, 0.6) is 11.5 Å². The van der Waals surface area contributed by atoms with E-state index in [-0.39, 0.29) is 17.7 Å². The summed E-state index contributed by atoms with van der Waals surface area (Å²) in [5, 5.41) is 9.24. The standard InChI is InChI=1S/C20H29NO5/c1-4-10-25-17-7-6-15(12-18(17)26-11-5-2)19(22)21-9-8-16(20(23)24)14(3)13-21/h6-7,12,14,16H,4-5,8-11,13H2,1-3H3,(H,23,24). The third kappa shape index (κ3) is 4.90. The Morgan fingerprint density at radius 1 is 1.15 bits per heavy atom. The number of amides is 1. The molecule has 2 rings (SSSR count). The van der Waals surface area contributed by atoms with Crippen LogP contribution in [0.1, 0.15) is 50.4 Å². The van der Waals surface area contributed by atoms with Crippen molar-refractivity contribution in [3.63, 3.8) is 0 Å². The molecule has 0 aromatic heterocycles. The molecule has 1 fully saturated rings. The third-order valence-electron chi connectivity index (χ3n) is 4.62. The predicted molar refractivity (Wildman–Crippen MR) is 98.8 cm³/mol. The van der Waals surface area contributed by atoms with Crippen LogP contribution in [0.25, 0.3) is 0 Å². The lowest BCUT2D eigenvalue weighted by molar-refractivity contribution is -0.145. The molecule has 1 heterocycles. The normalized spacial score (nSPS) is 19.9. The number of piperidine rings is 1. The van der Waals surface area contributed by atoms with E-state index in [2.05, 4.69) is 0 Å². The largest absolute Gasteiger partial charge is 0.490 e. The van der Waals surface area contributed by atoms with Crippen molar-refractivity contribution < 1.29 is 24.2 Å². The van der Waals surface area contributed by atoms with E-state index in [9.17, 15) is 14.7 Å². The molecule has 6 nitrogen and oxygen atoms in total. The zero-order valence-electron chi connectivity index (χ0n) is 15.9. The summed E-state index contributed by atoms with van der Waals surface area (Å²) in [5.74, 6) is -0.0868. The van der Waals surface area contributed by atoms with Gasteiger partial charge in [-0.3, -0.25) is 9.59 Å². The molecule has 1 aliphatic rings. The molecule has 1 aromatic carbocycles. The summed E-state index contributed by atoms with van der Waals surface area (Å²) in [6.07, 6.45) is 2.25. The lowest BCUT2D eigenvalue weighted by Gasteiger charge is -2.35. The fraction of sp³-hybridized carbons (Fsp3) is 0.600. The first-order valence-electron chi connectivity index (χ1n) is 9.39. The van der Waals surface area contributed by atoms with Gasteiger partial charge in [-0.2, -0.15) is 0 Å². The number of hydrogen-bond donors (Lipinski definition) is 1. The molecule has 2 atom stereocenters. The number of carbonyl (C=O) groups is 2. The summed E-state index contributed by atoms with van der Waals surface area (Å²) in [5.41, 5.74) is 0.543. The number of benzene rings is 1. The maximum Gasteiger partial charge on any atom is 0.306 e. The molecule has 0 bridgehead atoms.